The molecule has 0 aromatic carbocycles. The molecule has 0 bridgehead atoms. The molecule has 1 fully saturated rings. The quantitative estimate of drug-likeness (QED) is 0.615. The summed E-state index contributed by atoms with van der Waals surface area (Å²) in [7, 11) is 0. The largest absolute Gasteiger partial charge is 0.347 e. The number of hydrogen-bond donors (Lipinski definition) is 1. The van der Waals surface area contributed by atoms with E-state index in [0.717, 1.165) is 6.42 Å². The monoisotopic (exact) mass is 145 g/mol. The summed E-state index contributed by atoms with van der Waals surface area (Å²) in [4.78, 5) is 0. The van der Waals surface area contributed by atoms with E-state index >= 15 is 0 Å². The minimum atomic E-state index is -0.0602. The molecule has 2 atom stereocenters. The van der Waals surface area contributed by atoms with Crippen LogP contribution in [0.3, 0.4) is 0 Å². The Kier molecular flexibility index (Phi) is 2.65. The molecule has 60 valence electrons. The molecule has 1 saturated heterocycles. The van der Waals surface area contributed by atoms with Crippen LogP contribution in [0.25, 0.3) is 0 Å². The molecule has 3 nitrogen and oxygen atoms in total. The van der Waals surface area contributed by atoms with Gasteiger partial charge >= 0.3 is 0 Å². The lowest BCUT2D eigenvalue weighted by Crippen LogP contribution is -2.14. The van der Waals surface area contributed by atoms with Crippen LogP contribution in [0.15, 0.2) is 0 Å². The molecule has 2 N–H and O–H groups in total. The molecule has 1 rings (SSSR count). The van der Waals surface area contributed by atoms with E-state index in [1.54, 1.807) is 0 Å². The zero-order chi connectivity index (χ0) is 7.56. The topological polar surface area (TPSA) is 44.5 Å². The molecule has 1 aliphatic rings. The van der Waals surface area contributed by atoms with Crippen molar-refractivity contribution in [1.82, 2.24) is 0 Å². The van der Waals surface area contributed by atoms with E-state index in [2.05, 4.69) is 0 Å². The Bertz CT molecular complexity index is 97.8. The molecular weight excluding hydrogens is 130 g/mol. The highest BCUT2D eigenvalue weighted by Crippen LogP contribution is 2.19. The molecule has 10 heavy (non-hydrogen) atoms. The van der Waals surface area contributed by atoms with Crippen LogP contribution in [0.2, 0.25) is 0 Å². The maximum Gasteiger partial charge on any atom is 0.159 e. The second-order valence-corrected chi connectivity index (χ2v) is 2.69. The van der Waals surface area contributed by atoms with Gasteiger partial charge in [-0.05, 0) is 20.4 Å². The molecule has 0 aromatic heterocycles. The Morgan fingerprint density at radius 1 is 1.20 bits per heavy atom. The van der Waals surface area contributed by atoms with Gasteiger partial charge in [0.25, 0.3) is 0 Å². The van der Waals surface area contributed by atoms with E-state index in [0.29, 0.717) is 6.54 Å². The van der Waals surface area contributed by atoms with Crippen molar-refractivity contribution in [3.05, 3.63) is 0 Å². The molecule has 1 heterocycles. The summed E-state index contributed by atoms with van der Waals surface area (Å²) in [5.41, 5.74) is 5.34. The number of nitrogens with two attached hydrogens (primary N) is 1. The van der Waals surface area contributed by atoms with Gasteiger partial charge in [0, 0.05) is 6.42 Å². The summed E-state index contributed by atoms with van der Waals surface area (Å²) in [6.45, 7) is 4.66. The predicted molar refractivity (Wildman–Crippen MR) is 38.6 cm³/mol. The highest BCUT2D eigenvalue weighted by Gasteiger charge is 2.28. The fourth-order valence-electron chi connectivity index (χ4n) is 1.00. The fourth-order valence-corrected chi connectivity index (χ4v) is 1.00. The van der Waals surface area contributed by atoms with Crippen molar-refractivity contribution in [2.45, 2.75) is 38.8 Å². The summed E-state index contributed by atoms with van der Waals surface area (Å²) in [5.74, 6) is 0. The van der Waals surface area contributed by atoms with Crippen LogP contribution in [0.1, 0.15) is 20.3 Å². The van der Waals surface area contributed by atoms with Crippen LogP contribution in [-0.4, -0.2) is 25.0 Å². The molecule has 2 unspecified atom stereocenters. The molecule has 0 saturated carbocycles. The van der Waals surface area contributed by atoms with E-state index in [-0.39, 0.29) is 18.5 Å². The van der Waals surface area contributed by atoms with Gasteiger partial charge in [-0.1, -0.05) is 0 Å². The van der Waals surface area contributed by atoms with Gasteiger partial charge in [-0.15, -0.1) is 0 Å². The number of ether oxygens (including phenoxy) is 2. The van der Waals surface area contributed by atoms with Crippen molar-refractivity contribution in [2.24, 2.45) is 5.73 Å². The Hall–Kier alpha value is -0.120. The van der Waals surface area contributed by atoms with Crippen LogP contribution in [0.5, 0.6) is 0 Å². The van der Waals surface area contributed by atoms with Crippen molar-refractivity contribution in [3.8, 4) is 0 Å². The van der Waals surface area contributed by atoms with Gasteiger partial charge in [0.05, 0.1) is 12.2 Å². The first-order valence-electron chi connectivity index (χ1n) is 3.75. The average molecular weight is 145 g/mol. The molecule has 3 heteroatoms. The third-order valence-corrected chi connectivity index (χ3v) is 1.80. The first-order chi connectivity index (χ1) is 4.74. The Labute approximate surface area is 61.5 Å². The fraction of sp³-hybridized carbons (Fsp3) is 1.00. The average Bonchev–Trinajstić information content (AvgIpc) is 2.14. The van der Waals surface area contributed by atoms with Crippen molar-refractivity contribution in [2.75, 3.05) is 6.54 Å². The predicted octanol–water partition coefficient (Wildman–Crippen LogP) is 0.485. The summed E-state index contributed by atoms with van der Waals surface area (Å²) < 4.78 is 10.8. The van der Waals surface area contributed by atoms with Crippen LogP contribution in [0.4, 0.5) is 0 Å². The van der Waals surface area contributed by atoms with Crippen molar-refractivity contribution in [3.63, 3.8) is 0 Å². The molecular formula is C7H15NO2. The Morgan fingerprint density at radius 2 is 1.70 bits per heavy atom. The van der Waals surface area contributed by atoms with Crippen LogP contribution in [0, 0.1) is 0 Å². The highest BCUT2D eigenvalue weighted by molar-refractivity contribution is 4.68. The maximum absolute atomic E-state index is 5.41. The minimum absolute atomic E-state index is 0.0602. The second-order valence-electron chi connectivity index (χ2n) is 2.69. The van der Waals surface area contributed by atoms with Gasteiger partial charge in [0.1, 0.15) is 0 Å². The summed E-state index contributed by atoms with van der Waals surface area (Å²) >= 11 is 0. The van der Waals surface area contributed by atoms with Crippen molar-refractivity contribution >= 4 is 0 Å². The highest BCUT2D eigenvalue weighted by atomic mass is 16.7. The standard InChI is InChI=1S/C7H15NO2/c1-5-6(2)10-7(9-5)3-4-8/h5-7H,3-4,8H2,1-2H3. The second kappa shape index (κ2) is 3.32. The van der Waals surface area contributed by atoms with Gasteiger partial charge in [0.2, 0.25) is 0 Å². The van der Waals surface area contributed by atoms with Crippen LogP contribution in [-0.2, 0) is 9.47 Å². The lowest BCUT2D eigenvalue weighted by atomic mass is 10.3. The van der Waals surface area contributed by atoms with Gasteiger partial charge in [-0.25, -0.2) is 0 Å². The smallest absolute Gasteiger partial charge is 0.159 e. The van der Waals surface area contributed by atoms with Crippen molar-refractivity contribution < 1.29 is 9.47 Å². The summed E-state index contributed by atoms with van der Waals surface area (Å²) in [6, 6.07) is 0. The first kappa shape index (κ1) is 7.98. The lowest BCUT2D eigenvalue weighted by Gasteiger charge is -2.06. The summed E-state index contributed by atoms with van der Waals surface area (Å²) in [6.07, 6.45) is 1.18. The third kappa shape index (κ3) is 1.68. The Morgan fingerprint density at radius 3 is 2.10 bits per heavy atom. The number of rotatable bonds is 2. The van der Waals surface area contributed by atoms with Crippen LogP contribution < -0.4 is 5.73 Å². The molecule has 0 spiro atoms. The first-order valence-corrected chi connectivity index (χ1v) is 3.75. The molecule has 0 aliphatic carbocycles. The van der Waals surface area contributed by atoms with E-state index in [1.165, 1.54) is 0 Å². The lowest BCUT2D eigenvalue weighted by molar-refractivity contribution is -0.0649. The Balaban J connectivity index is 2.27. The third-order valence-electron chi connectivity index (χ3n) is 1.80. The number of hydrogen-bond acceptors (Lipinski definition) is 3. The molecule has 0 aromatic rings. The summed E-state index contributed by atoms with van der Waals surface area (Å²) in [5, 5.41) is 0. The van der Waals surface area contributed by atoms with Gasteiger partial charge in [0.15, 0.2) is 6.29 Å². The molecule has 1 aliphatic heterocycles. The van der Waals surface area contributed by atoms with Gasteiger partial charge in [-0.2, -0.15) is 0 Å². The molecule has 0 amide bonds. The van der Waals surface area contributed by atoms with Crippen molar-refractivity contribution in [1.29, 1.82) is 0 Å². The van der Waals surface area contributed by atoms with Crippen LogP contribution >= 0.6 is 0 Å². The molecule has 0 radical (unpaired) electrons. The van der Waals surface area contributed by atoms with E-state index < -0.39 is 0 Å². The SMILES string of the molecule is CC1OC(CCN)OC1C. The maximum atomic E-state index is 5.41. The minimum Gasteiger partial charge on any atom is -0.347 e. The van der Waals surface area contributed by atoms with Gasteiger partial charge in [-0.3, -0.25) is 0 Å². The zero-order valence-electron chi connectivity index (χ0n) is 6.54. The van der Waals surface area contributed by atoms with Gasteiger partial charge < -0.3 is 15.2 Å². The van der Waals surface area contributed by atoms with E-state index in [9.17, 15) is 0 Å². The normalized spacial score (nSPS) is 40.5. The van der Waals surface area contributed by atoms with E-state index in [4.69, 9.17) is 15.2 Å². The van der Waals surface area contributed by atoms with E-state index in [1.807, 2.05) is 13.8 Å². The zero-order valence-corrected chi connectivity index (χ0v) is 6.54.